The molecule has 17 heavy (non-hydrogen) atoms. The van der Waals surface area contributed by atoms with Gasteiger partial charge in [-0.2, -0.15) is 5.10 Å². The zero-order valence-electron chi connectivity index (χ0n) is 9.04. The molecule has 0 unspecified atom stereocenters. The molecule has 5 nitrogen and oxygen atoms in total. The highest BCUT2D eigenvalue weighted by Gasteiger charge is 2.05. The Bertz CT molecular complexity index is 582. The summed E-state index contributed by atoms with van der Waals surface area (Å²) in [6.07, 6.45) is 7.20. The minimum Gasteiger partial charge on any atom is -0.325 e. The summed E-state index contributed by atoms with van der Waals surface area (Å²) in [5.74, 6) is 0.762. The van der Waals surface area contributed by atoms with Crippen molar-refractivity contribution in [1.29, 1.82) is 0 Å². The number of para-hydroxylation sites is 1. The van der Waals surface area contributed by atoms with E-state index in [1.807, 2.05) is 47.3 Å². The second-order valence-corrected chi connectivity index (χ2v) is 3.57. The van der Waals surface area contributed by atoms with Gasteiger partial charge in [-0.1, -0.05) is 18.2 Å². The Labute approximate surface area is 98.1 Å². The molecule has 0 spiro atoms. The van der Waals surface area contributed by atoms with Gasteiger partial charge in [-0.25, -0.2) is 4.98 Å². The number of rotatable bonds is 3. The van der Waals surface area contributed by atoms with Crippen LogP contribution in [0.25, 0.3) is 5.69 Å². The van der Waals surface area contributed by atoms with Gasteiger partial charge in [0.25, 0.3) is 0 Å². The van der Waals surface area contributed by atoms with Crippen molar-refractivity contribution in [2.75, 3.05) is 5.32 Å². The van der Waals surface area contributed by atoms with Gasteiger partial charge in [0.15, 0.2) is 0 Å². The molecule has 0 aliphatic rings. The molecular weight excluding hydrogens is 214 g/mol. The number of hydrogen-bond acceptors (Lipinski definition) is 3. The summed E-state index contributed by atoms with van der Waals surface area (Å²) >= 11 is 0. The van der Waals surface area contributed by atoms with Crippen LogP contribution >= 0.6 is 0 Å². The lowest BCUT2D eigenvalue weighted by Crippen LogP contribution is -1.99. The summed E-state index contributed by atoms with van der Waals surface area (Å²) in [6.45, 7) is 0. The third-order valence-corrected chi connectivity index (χ3v) is 2.43. The Hall–Kier alpha value is -2.56. The molecule has 1 aromatic carbocycles. The molecule has 0 radical (unpaired) electrons. The van der Waals surface area contributed by atoms with Gasteiger partial charge < -0.3 is 5.32 Å². The number of H-pyrrole nitrogens is 1. The zero-order valence-corrected chi connectivity index (χ0v) is 9.04. The number of nitrogens with one attached hydrogen (secondary N) is 2. The molecule has 3 aromatic rings. The van der Waals surface area contributed by atoms with Gasteiger partial charge in [-0.15, -0.1) is 0 Å². The van der Waals surface area contributed by atoms with E-state index in [-0.39, 0.29) is 0 Å². The highest BCUT2D eigenvalue weighted by Crippen LogP contribution is 2.17. The van der Waals surface area contributed by atoms with Crippen LogP contribution in [0.5, 0.6) is 0 Å². The van der Waals surface area contributed by atoms with E-state index in [1.165, 1.54) is 0 Å². The van der Waals surface area contributed by atoms with Crippen molar-refractivity contribution in [3.05, 3.63) is 55.1 Å². The Kier molecular flexibility index (Phi) is 2.34. The van der Waals surface area contributed by atoms with Crippen LogP contribution in [0.3, 0.4) is 0 Å². The van der Waals surface area contributed by atoms with Crippen molar-refractivity contribution in [2.24, 2.45) is 0 Å². The fraction of sp³-hybridized carbons (Fsp3) is 0. The van der Waals surface area contributed by atoms with Crippen LogP contribution in [0.4, 0.5) is 11.6 Å². The summed E-state index contributed by atoms with van der Waals surface area (Å²) < 4.78 is 1.93. The van der Waals surface area contributed by atoms with Gasteiger partial charge in [-0.3, -0.25) is 9.67 Å². The van der Waals surface area contributed by atoms with Gasteiger partial charge in [0, 0.05) is 24.3 Å². The van der Waals surface area contributed by atoms with Crippen LogP contribution in [-0.2, 0) is 0 Å². The molecule has 0 aliphatic heterocycles. The van der Waals surface area contributed by atoms with Gasteiger partial charge >= 0.3 is 0 Å². The Morgan fingerprint density at radius 2 is 2.06 bits per heavy atom. The van der Waals surface area contributed by atoms with Gasteiger partial charge in [0.05, 0.1) is 11.9 Å². The Morgan fingerprint density at radius 3 is 2.82 bits per heavy atom. The molecule has 3 rings (SSSR count). The van der Waals surface area contributed by atoms with Crippen LogP contribution in [0.15, 0.2) is 55.1 Å². The smallest absolute Gasteiger partial charge is 0.212 e. The van der Waals surface area contributed by atoms with Gasteiger partial charge in [0.1, 0.15) is 0 Å². The van der Waals surface area contributed by atoms with Crippen molar-refractivity contribution < 1.29 is 0 Å². The van der Waals surface area contributed by atoms with E-state index in [2.05, 4.69) is 20.5 Å². The van der Waals surface area contributed by atoms with Crippen LogP contribution in [-0.4, -0.2) is 19.7 Å². The maximum absolute atomic E-state index is 4.28. The molecule has 0 fully saturated rings. The van der Waals surface area contributed by atoms with Crippen LogP contribution < -0.4 is 5.32 Å². The summed E-state index contributed by atoms with van der Waals surface area (Å²) in [4.78, 5) is 4.28. The molecule has 2 aromatic heterocycles. The minimum absolute atomic E-state index is 0.762. The fourth-order valence-electron chi connectivity index (χ4n) is 1.63. The van der Waals surface area contributed by atoms with Crippen LogP contribution in [0.2, 0.25) is 0 Å². The van der Waals surface area contributed by atoms with E-state index in [0.717, 1.165) is 17.3 Å². The average Bonchev–Trinajstić information content (AvgIpc) is 3.00. The minimum atomic E-state index is 0.762. The largest absolute Gasteiger partial charge is 0.325 e. The van der Waals surface area contributed by atoms with Gasteiger partial charge in [0.2, 0.25) is 5.95 Å². The first-order chi connectivity index (χ1) is 8.43. The third-order valence-electron chi connectivity index (χ3n) is 2.43. The van der Waals surface area contributed by atoms with Crippen LogP contribution in [0, 0.1) is 0 Å². The average molecular weight is 225 g/mol. The second-order valence-electron chi connectivity index (χ2n) is 3.57. The first-order valence-electron chi connectivity index (χ1n) is 5.28. The third kappa shape index (κ3) is 1.90. The topological polar surface area (TPSA) is 58.5 Å². The maximum atomic E-state index is 4.28. The summed E-state index contributed by atoms with van der Waals surface area (Å²) in [7, 11) is 0. The van der Waals surface area contributed by atoms with Crippen molar-refractivity contribution in [3.63, 3.8) is 0 Å². The molecular formula is C12H11N5. The number of aromatic nitrogens is 4. The molecule has 0 bridgehead atoms. The fourth-order valence-corrected chi connectivity index (χ4v) is 1.63. The molecule has 2 N–H and O–H groups in total. The number of benzene rings is 1. The predicted octanol–water partition coefficient (Wildman–Crippen LogP) is 2.34. The second kappa shape index (κ2) is 4.13. The Balaban J connectivity index is 1.92. The molecule has 84 valence electrons. The molecule has 0 aliphatic carbocycles. The SMILES string of the molecule is c1ccc(Nc2nccn2-c2cn[nH]c2)cc1. The quantitative estimate of drug-likeness (QED) is 0.719. The number of imidazole rings is 1. The monoisotopic (exact) mass is 225 g/mol. The maximum Gasteiger partial charge on any atom is 0.212 e. The molecule has 5 heteroatoms. The van der Waals surface area contributed by atoms with Crippen molar-refractivity contribution >= 4 is 11.6 Å². The number of aromatic amines is 1. The van der Waals surface area contributed by atoms with Crippen molar-refractivity contribution in [3.8, 4) is 5.69 Å². The predicted molar refractivity (Wildman–Crippen MR) is 65.4 cm³/mol. The van der Waals surface area contributed by atoms with Crippen molar-refractivity contribution in [2.45, 2.75) is 0 Å². The number of nitrogens with zero attached hydrogens (tertiary/aromatic N) is 3. The normalized spacial score (nSPS) is 10.4. The number of anilines is 2. The Morgan fingerprint density at radius 1 is 1.18 bits per heavy atom. The lowest BCUT2D eigenvalue weighted by Gasteiger charge is -2.07. The number of hydrogen-bond donors (Lipinski definition) is 2. The molecule has 0 saturated carbocycles. The highest BCUT2D eigenvalue weighted by atomic mass is 15.2. The molecule has 0 saturated heterocycles. The summed E-state index contributed by atoms with van der Waals surface area (Å²) in [5.41, 5.74) is 1.95. The summed E-state index contributed by atoms with van der Waals surface area (Å²) in [5, 5.41) is 9.96. The lowest BCUT2D eigenvalue weighted by molar-refractivity contribution is 1.07. The molecule has 2 heterocycles. The zero-order chi connectivity index (χ0) is 11.5. The van der Waals surface area contributed by atoms with Crippen molar-refractivity contribution in [1.82, 2.24) is 19.7 Å². The lowest BCUT2D eigenvalue weighted by atomic mass is 10.3. The standard InChI is InChI=1S/C12H11N5/c1-2-4-10(5-3-1)16-12-13-6-7-17(12)11-8-14-15-9-11/h1-9H,(H,13,16)(H,14,15). The van der Waals surface area contributed by atoms with E-state index in [0.29, 0.717) is 0 Å². The van der Waals surface area contributed by atoms with E-state index >= 15 is 0 Å². The van der Waals surface area contributed by atoms with Gasteiger partial charge in [-0.05, 0) is 12.1 Å². The van der Waals surface area contributed by atoms with E-state index in [4.69, 9.17) is 0 Å². The molecule has 0 atom stereocenters. The van der Waals surface area contributed by atoms with Crippen LogP contribution in [0.1, 0.15) is 0 Å². The first kappa shape index (κ1) is 9.65. The van der Waals surface area contributed by atoms with E-state index in [9.17, 15) is 0 Å². The van der Waals surface area contributed by atoms with E-state index < -0.39 is 0 Å². The highest BCUT2D eigenvalue weighted by molar-refractivity contribution is 5.55. The summed E-state index contributed by atoms with van der Waals surface area (Å²) in [6, 6.07) is 9.93. The first-order valence-corrected chi connectivity index (χ1v) is 5.28. The molecule has 0 amide bonds. The van der Waals surface area contributed by atoms with E-state index in [1.54, 1.807) is 12.4 Å².